The molecule has 92 valence electrons. The number of nitrogens with one attached hydrogen (secondary N) is 1. The van der Waals surface area contributed by atoms with Crippen LogP contribution in [0.2, 0.25) is 0 Å². The maximum atomic E-state index is 3.48. The number of fused-ring (bicyclic) bond motifs is 2. The van der Waals surface area contributed by atoms with Gasteiger partial charge in [-0.05, 0) is 30.2 Å². The highest BCUT2D eigenvalue weighted by Gasteiger charge is 2.15. The summed E-state index contributed by atoms with van der Waals surface area (Å²) in [5, 5.41) is 1.24. The van der Waals surface area contributed by atoms with Gasteiger partial charge in [0.2, 0.25) is 0 Å². The van der Waals surface area contributed by atoms with Crippen molar-refractivity contribution in [2.75, 3.05) is 4.90 Å². The first-order valence-corrected chi connectivity index (χ1v) is 6.53. The van der Waals surface area contributed by atoms with Gasteiger partial charge < -0.3 is 9.88 Å². The molecule has 3 aromatic rings. The Balaban J connectivity index is 1.87. The monoisotopic (exact) mass is 246 g/mol. The van der Waals surface area contributed by atoms with Gasteiger partial charge in [0.15, 0.2) is 0 Å². The molecule has 1 aliphatic heterocycles. The van der Waals surface area contributed by atoms with Crippen molar-refractivity contribution in [1.29, 1.82) is 0 Å². The van der Waals surface area contributed by atoms with Crippen LogP contribution in [0, 0.1) is 0 Å². The van der Waals surface area contributed by atoms with Crippen molar-refractivity contribution in [3.8, 4) is 0 Å². The van der Waals surface area contributed by atoms with E-state index in [1.807, 2.05) is 0 Å². The smallest absolute Gasteiger partial charge is 0.115 e. The second-order valence-corrected chi connectivity index (χ2v) is 4.83. The fourth-order valence-electron chi connectivity index (χ4n) is 2.68. The lowest BCUT2D eigenvalue weighted by Gasteiger charge is -2.25. The first kappa shape index (κ1) is 10.4. The third-order valence-electron chi connectivity index (χ3n) is 3.62. The van der Waals surface area contributed by atoms with Crippen LogP contribution in [0.5, 0.6) is 0 Å². The van der Waals surface area contributed by atoms with E-state index in [1.165, 1.54) is 22.2 Å². The summed E-state index contributed by atoms with van der Waals surface area (Å²) in [6.45, 7) is 0. The molecule has 2 nitrogen and oxygen atoms in total. The van der Waals surface area contributed by atoms with Crippen molar-refractivity contribution in [1.82, 2.24) is 4.98 Å². The molecule has 0 radical (unpaired) electrons. The molecule has 0 saturated heterocycles. The molecule has 19 heavy (non-hydrogen) atoms. The number of hydrogen-bond acceptors (Lipinski definition) is 1. The maximum absolute atomic E-state index is 3.48. The molecule has 0 aliphatic carbocycles. The van der Waals surface area contributed by atoms with Gasteiger partial charge >= 0.3 is 0 Å². The Morgan fingerprint density at radius 2 is 1.79 bits per heavy atom. The summed E-state index contributed by atoms with van der Waals surface area (Å²) in [4.78, 5) is 5.70. The summed E-state index contributed by atoms with van der Waals surface area (Å²) in [5.74, 6) is 1.12. The van der Waals surface area contributed by atoms with Crippen LogP contribution in [0.1, 0.15) is 5.56 Å². The van der Waals surface area contributed by atoms with Gasteiger partial charge in [-0.25, -0.2) is 0 Å². The van der Waals surface area contributed by atoms with Gasteiger partial charge in [-0.2, -0.15) is 0 Å². The van der Waals surface area contributed by atoms with E-state index < -0.39 is 0 Å². The second-order valence-electron chi connectivity index (χ2n) is 4.83. The SMILES string of the molecule is C1=CN(c2cc3ccccc3[nH]2)c2ccccc2C1. The Hall–Kier alpha value is -2.48. The Morgan fingerprint density at radius 1 is 0.947 bits per heavy atom. The van der Waals surface area contributed by atoms with Crippen molar-refractivity contribution in [3.63, 3.8) is 0 Å². The van der Waals surface area contributed by atoms with Crippen LogP contribution in [0.25, 0.3) is 10.9 Å². The molecule has 0 atom stereocenters. The minimum Gasteiger partial charge on any atom is -0.341 e. The molecule has 1 aromatic heterocycles. The van der Waals surface area contributed by atoms with Crippen molar-refractivity contribution >= 4 is 22.4 Å². The number of rotatable bonds is 1. The van der Waals surface area contributed by atoms with Gasteiger partial charge in [0.25, 0.3) is 0 Å². The van der Waals surface area contributed by atoms with Gasteiger partial charge in [0.1, 0.15) is 5.82 Å². The molecular weight excluding hydrogens is 232 g/mol. The first-order valence-electron chi connectivity index (χ1n) is 6.53. The van der Waals surface area contributed by atoms with Crippen LogP contribution < -0.4 is 4.90 Å². The number of para-hydroxylation sites is 2. The third-order valence-corrected chi connectivity index (χ3v) is 3.62. The standard InChI is InChI=1S/C17H14N2/c1-3-9-15-14(7-1)12-17(18-15)19-11-5-8-13-6-2-4-10-16(13)19/h1-7,9-12,18H,8H2. The molecule has 0 fully saturated rings. The number of H-pyrrole nitrogens is 1. The summed E-state index contributed by atoms with van der Waals surface area (Å²) >= 11 is 0. The largest absolute Gasteiger partial charge is 0.341 e. The zero-order chi connectivity index (χ0) is 12.7. The van der Waals surface area contributed by atoms with Crippen molar-refractivity contribution in [3.05, 3.63) is 72.4 Å². The summed E-state index contributed by atoms with van der Waals surface area (Å²) in [6, 6.07) is 19.1. The van der Waals surface area contributed by atoms with E-state index in [4.69, 9.17) is 0 Å². The number of benzene rings is 2. The lowest BCUT2D eigenvalue weighted by Crippen LogP contribution is -2.14. The lowest BCUT2D eigenvalue weighted by atomic mass is 10.1. The van der Waals surface area contributed by atoms with Crippen LogP contribution in [0.15, 0.2) is 66.9 Å². The van der Waals surface area contributed by atoms with E-state index in [9.17, 15) is 0 Å². The van der Waals surface area contributed by atoms with E-state index in [2.05, 4.69) is 76.8 Å². The molecule has 2 heterocycles. The highest BCUT2D eigenvalue weighted by atomic mass is 15.2. The summed E-state index contributed by atoms with van der Waals surface area (Å²) in [5.41, 5.74) is 3.80. The van der Waals surface area contributed by atoms with Gasteiger partial charge in [-0.1, -0.05) is 42.5 Å². The number of aromatic nitrogens is 1. The van der Waals surface area contributed by atoms with Crippen LogP contribution in [0.3, 0.4) is 0 Å². The van der Waals surface area contributed by atoms with Gasteiger partial charge in [-0.15, -0.1) is 0 Å². The molecular formula is C17H14N2. The van der Waals surface area contributed by atoms with Gasteiger partial charge in [0, 0.05) is 17.1 Å². The highest BCUT2D eigenvalue weighted by Crippen LogP contribution is 2.33. The maximum Gasteiger partial charge on any atom is 0.115 e. The van der Waals surface area contributed by atoms with Crippen LogP contribution >= 0.6 is 0 Å². The molecule has 0 amide bonds. The van der Waals surface area contributed by atoms with Crippen molar-refractivity contribution in [2.45, 2.75) is 6.42 Å². The number of hydrogen-bond donors (Lipinski definition) is 1. The predicted molar refractivity (Wildman–Crippen MR) is 79.7 cm³/mol. The summed E-state index contributed by atoms with van der Waals surface area (Å²) in [7, 11) is 0. The zero-order valence-electron chi connectivity index (χ0n) is 10.5. The quantitative estimate of drug-likeness (QED) is 0.675. The molecule has 1 aliphatic rings. The predicted octanol–water partition coefficient (Wildman–Crippen LogP) is 4.38. The zero-order valence-corrected chi connectivity index (χ0v) is 10.5. The number of aromatic amines is 1. The van der Waals surface area contributed by atoms with E-state index in [0.717, 1.165) is 12.2 Å². The average molecular weight is 246 g/mol. The van der Waals surface area contributed by atoms with Crippen LogP contribution in [-0.2, 0) is 6.42 Å². The molecule has 4 rings (SSSR count). The molecule has 2 aromatic carbocycles. The molecule has 0 bridgehead atoms. The fraction of sp³-hybridized carbons (Fsp3) is 0.0588. The normalized spacial score (nSPS) is 13.8. The fourth-order valence-corrected chi connectivity index (χ4v) is 2.68. The number of anilines is 2. The third kappa shape index (κ3) is 1.65. The Morgan fingerprint density at radius 3 is 2.74 bits per heavy atom. The molecule has 0 spiro atoms. The van der Waals surface area contributed by atoms with E-state index in [0.29, 0.717) is 0 Å². The van der Waals surface area contributed by atoms with E-state index >= 15 is 0 Å². The van der Waals surface area contributed by atoms with Crippen LogP contribution in [0.4, 0.5) is 11.5 Å². The lowest BCUT2D eigenvalue weighted by molar-refractivity contribution is 1.11. The first-order chi connectivity index (χ1) is 9.42. The Kier molecular flexibility index (Phi) is 2.21. The molecule has 1 N–H and O–H groups in total. The Bertz CT molecular complexity index is 735. The average Bonchev–Trinajstić information content (AvgIpc) is 2.90. The van der Waals surface area contributed by atoms with E-state index in [1.54, 1.807) is 0 Å². The Labute approximate surface area is 112 Å². The summed E-state index contributed by atoms with van der Waals surface area (Å²) < 4.78 is 0. The summed E-state index contributed by atoms with van der Waals surface area (Å²) in [6.07, 6.45) is 5.35. The molecule has 2 heteroatoms. The molecule has 0 saturated carbocycles. The van der Waals surface area contributed by atoms with Gasteiger partial charge in [-0.3, -0.25) is 0 Å². The number of nitrogens with zero attached hydrogens (tertiary/aromatic N) is 1. The minimum atomic E-state index is 1.01. The van der Waals surface area contributed by atoms with E-state index in [-0.39, 0.29) is 0 Å². The van der Waals surface area contributed by atoms with Crippen LogP contribution in [-0.4, -0.2) is 4.98 Å². The highest BCUT2D eigenvalue weighted by molar-refractivity contribution is 5.86. The van der Waals surface area contributed by atoms with Crippen molar-refractivity contribution < 1.29 is 0 Å². The minimum absolute atomic E-state index is 1.01. The topological polar surface area (TPSA) is 19.0 Å². The molecule has 0 unspecified atom stereocenters. The van der Waals surface area contributed by atoms with Gasteiger partial charge in [0.05, 0.1) is 5.69 Å². The number of allylic oxidation sites excluding steroid dienone is 1. The second kappa shape index (κ2) is 4.02. The van der Waals surface area contributed by atoms with Crippen molar-refractivity contribution in [2.24, 2.45) is 0 Å².